The van der Waals surface area contributed by atoms with E-state index in [0.717, 1.165) is 19.3 Å². The second-order valence-corrected chi connectivity index (χ2v) is 7.81. The van der Waals surface area contributed by atoms with Crippen LogP contribution in [-0.4, -0.2) is 30.9 Å². The van der Waals surface area contributed by atoms with Crippen LogP contribution in [0.2, 0.25) is 0 Å². The average Bonchev–Trinajstić information content (AvgIpc) is 3.02. The number of anilines is 1. The van der Waals surface area contributed by atoms with Gasteiger partial charge in [0.1, 0.15) is 0 Å². The Balaban J connectivity index is 1.97. The van der Waals surface area contributed by atoms with Crippen LogP contribution < -0.4 is 10.0 Å². The third kappa shape index (κ3) is 2.32. The minimum absolute atomic E-state index is 0.0314. The fourth-order valence-corrected chi connectivity index (χ4v) is 5.12. The summed E-state index contributed by atoms with van der Waals surface area (Å²) in [5.74, 6) is 0.980. The van der Waals surface area contributed by atoms with Crippen LogP contribution in [0, 0.1) is 5.92 Å². The standard InChI is InChI=1S/C12H18N4O2S2/c1-8-3-4-9(7-8)15-20(17,18)11-10(13-2)14-12-16(11)5-6-19-12/h5-6,8-9,13,15H,3-4,7H2,1-2H3. The number of imidazole rings is 1. The molecular weight excluding hydrogens is 296 g/mol. The van der Waals surface area contributed by atoms with Crippen LogP contribution in [0.3, 0.4) is 0 Å². The third-order valence-electron chi connectivity index (χ3n) is 3.73. The number of sulfonamides is 1. The van der Waals surface area contributed by atoms with Crippen LogP contribution in [0.4, 0.5) is 5.82 Å². The van der Waals surface area contributed by atoms with Crippen molar-refractivity contribution in [2.24, 2.45) is 5.92 Å². The quantitative estimate of drug-likeness (QED) is 0.904. The molecule has 1 fully saturated rings. The number of fused-ring (bicyclic) bond motifs is 1. The zero-order valence-electron chi connectivity index (χ0n) is 11.5. The second-order valence-electron chi connectivity index (χ2n) is 5.31. The van der Waals surface area contributed by atoms with Crippen LogP contribution in [0.25, 0.3) is 4.96 Å². The highest BCUT2D eigenvalue weighted by molar-refractivity contribution is 7.89. The Morgan fingerprint density at radius 1 is 1.45 bits per heavy atom. The lowest BCUT2D eigenvalue weighted by Gasteiger charge is -2.13. The highest BCUT2D eigenvalue weighted by Gasteiger charge is 2.30. The van der Waals surface area contributed by atoms with Crippen molar-refractivity contribution < 1.29 is 8.42 Å². The van der Waals surface area contributed by atoms with Crippen molar-refractivity contribution in [2.75, 3.05) is 12.4 Å². The lowest BCUT2D eigenvalue weighted by atomic mass is 10.1. The number of hydrogen-bond donors (Lipinski definition) is 2. The predicted molar refractivity (Wildman–Crippen MR) is 79.7 cm³/mol. The van der Waals surface area contributed by atoms with Crippen molar-refractivity contribution in [3.8, 4) is 0 Å². The Morgan fingerprint density at radius 2 is 2.25 bits per heavy atom. The Kier molecular flexibility index (Phi) is 3.47. The van der Waals surface area contributed by atoms with E-state index < -0.39 is 10.0 Å². The van der Waals surface area contributed by atoms with E-state index in [4.69, 9.17) is 0 Å². The van der Waals surface area contributed by atoms with Gasteiger partial charge in [-0.1, -0.05) is 6.92 Å². The fraction of sp³-hybridized carbons (Fsp3) is 0.583. The van der Waals surface area contributed by atoms with E-state index in [1.807, 2.05) is 5.38 Å². The van der Waals surface area contributed by atoms with Gasteiger partial charge < -0.3 is 5.32 Å². The van der Waals surface area contributed by atoms with Gasteiger partial charge in [0, 0.05) is 24.7 Å². The minimum Gasteiger partial charge on any atom is -0.371 e. The molecule has 1 saturated carbocycles. The molecule has 20 heavy (non-hydrogen) atoms. The van der Waals surface area contributed by atoms with Gasteiger partial charge in [-0.05, 0) is 25.2 Å². The summed E-state index contributed by atoms with van der Waals surface area (Å²) < 4.78 is 29.7. The Hall–Kier alpha value is -1.12. The number of aromatic nitrogens is 2. The van der Waals surface area contributed by atoms with Gasteiger partial charge in [0.05, 0.1) is 0 Å². The van der Waals surface area contributed by atoms with E-state index in [2.05, 4.69) is 21.9 Å². The second kappa shape index (κ2) is 5.01. The normalized spacial score (nSPS) is 23.5. The SMILES string of the molecule is CNc1nc2sccn2c1S(=O)(=O)NC1CCC(C)C1. The molecule has 110 valence electrons. The summed E-state index contributed by atoms with van der Waals surface area (Å²) in [7, 11) is -1.88. The van der Waals surface area contributed by atoms with Crippen LogP contribution in [-0.2, 0) is 10.0 Å². The summed E-state index contributed by atoms with van der Waals surface area (Å²) in [6.07, 6.45) is 4.62. The van der Waals surface area contributed by atoms with E-state index in [9.17, 15) is 8.42 Å². The monoisotopic (exact) mass is 314 g/mol. The molecule has 2 aromatic heterocycles. The molecule has 2 unspecified atom stereocenters. The van der Waals surface area contributed by atoms with E-state index in [0.29, 0.717) is 16.7 Å². The lowest BCUT2D eigenvalue weighted by molar-refractivity contribution is 0.535. The molecular formula is C12H18N4O2S2. The number of rotatable bonds is 4. The Morgan fingerprint density at radius 3 is 2.90 bits per heavy atom. The van der Waals surface area contributed by atoms with Crippen molar-refractivity contribution in [3.05, 3.63) is 11.6 Å². The molecule has 0 aliphatic heterocycles. The van der Waals surface area contributed by atoms with Gasteiger partial charge in [-0.3, -0.25) is 4.40 Å². The molecule has 0 saturated heterocycles. The Labute approximate surface area is 122 Å². The van der Waals surface area contributed by atoms with E-state index in [1.165, 1.54) is 11.3 Å². The number of thiazole rings is 1. The first-order valence-corrected chi connectivity index (χ1v) is 9.03. The van der Waals surface area contributed by atoms with Crippen molar-refractivity contribution >= 4 is 32.1 Å². The molecule has 0 aromatic carbocycles. The molecule has 1 aliphatic carbocycles. The van der Waals surface area contributed by atoms with E-state index in [-0.39, 0.29) is 11.1 Å². The molecule has 6 nitrogen and oxygen atoms in total. The molecule has 0 amide bonds. The van der Waals surface area contributed by atoms with Crippen molar-refractivity contribution in [3.63, 3.8) is 0 Å². The first kappa shape index (κ1) is 13.8. The van der Waals surface area contributed by atoms with Gasteiger partial charge >= 0.3 is 0 Å². The maximum atomic E-state index is 12.6. The zero-order valence-corrected chi connectivity index (χ0v) is 13.1. The van der Waals surface area contributed by atoms with Gasteiger partial charge in [0.15, 0.2) is 15.8 Å². The largest absolute Gasteiger partial charge is 0.371 e. The lowest BCUT2D eigenvalue weighted by Crippen LogP contribution is -2.34. The van der Waals surface area contributed by atoms with Gasteiger partial charge in [0.25, 0.3) is 10.0 Å². The Bertz CT molecular complexity index is 719. The molecule has 2 atom stereocenters. The molecule has 2 aromatic rings. The summed E-state index contributed by atoms with van der Waals surface area (Å²) >= 11 is 1.42. The smallest absolute Gasteiger partial charge is 0.260 e. The van der Waals surface area contributed by atoms with Gasteiger partial charge in [-0.25, -0.2) is 18.1 Å². The van der Waals surface area contributed by atoms with Crippen LogP contribution in [0.15, 0.2) is 16.6 Å². The molecule has 0 spiro atoms. The highest BCUT2D eigenvalue weighted by atomic mass is 32.2. The van der Waals surface area contributed by atoms with E-state index in [1.54, 1.807) is 17.6 Å². The molecule has 0 bridgehead atoms. The van der Waals surface area contributed by atoms with Crippen molar-refractivity contribution in [2.45, 2.75) is 37.3 Å². The fourth-order valence-electron chi connectivity index (χ4n) is 2.77. The average molecular weight is 314 g/mol. The third-order valence-corrected chi connectivity index (χ3v) is 6.03. The van der Waals surface area contributed by atoms with Gasteiger partial charge in [0.2, 0.25) is 0 Å². The topological polar surface area (TPSA) is 75.5 Å². The van der Waals surface area contributed by atoms with Crippen LogP contribution in [0.1, 0.15) is 26.2 Å². The summed E-state index contributed by atoms with van der Waals surface area (Å²) in [5, 5.41) is 4.90. The molecule has 0 radical (unpaired) electrons. The highest BCUT2D eigenvalue weighted by Crippen LogP contribution is 2.29. The maximum absolute atomic E-state index is 12.6. The van der Waals surface area contributed by atoms with Crippen LogP contribution >= 0.6 is 11.3 Å². The molecule has 1 aliphatic rings. The molecule has 2 N–H and O–H groups in total. The first-order chi connectivity index (χ1) is 9.51. The minimum atomic E-state index is -3.57. The summed E-state index contributed by atoms with van der Waals surface area (Å²) in [5.41, 5.74) is 0. The van der Waals surface area contributed by atoms with Crippen molar-refractivity contribution in [1.29, 1.82) is 0 Å². The predicted octanol–water partition coefficient (Wildman–Crippen LogP) is 1.90. The zero-order chi connectivity index (χ0) is 14.3. The molecule has 2 heterocycles. The molecule has 8 heteroatoms. The van der Waals surface area contributed by atoms with Crippen molar-refractivity contribution in [1.82, 2.24) is 14.1 Å². The maximum Gasteiger partial charge on any atom is 0.260 e. The van der Waals surface area contributed by atoms with Crippen LogP contribution in [0.5, 0.6) is 0 Å². The summed E-state index contributed by atoms with van der Waals surface area (Å²) in [4.78, 5) is 4.97. The summed E-state index contributed by atoms with van der Waals surface area (Å²) in [6.45, 7) is 2.16. The molecule has 3 rings (SSSR count). The number of hydrogen-bond acceptors (Lipinski definition) is 5. The number of nitrogens with zero attached hydrogens (tertiary/aromatic N) is 2. The number of nitrogens with one attached hydrogen (secondary N) is 2. The van der Waals surface area contributed by atoms with Gasteiger partial charge in [-0.15, -0.1) is 11.3 Å². The van der Waals surface area contributed by atoms with E-state index >= 15 is 0 Å². The summed E-state index contributed by atoms with van der Waals surface area (Å²) in [6, 6.07) is 0.0314. The van der Waals surface area contributed by atoms with Gasteiger partial charge in [-0.2, -0.15) is 0 Å². The first-order valence-electron chi connectivity index (χ1n) is 6.67.